The normalized spacial score (nSPS) is 15.2. The number of nitrogens with one attached hydrogen (secondary N) is 1. The lowest BCUT2D eigenvalue weighted by Crippen LogP contribution is -2.50. The Morgan fingerprint density at radius 1 is 1.06 bits per heavy atom. The molecule has 1 aliphatic rings. The molecule has 3 rings (SSSR count). The van der Waals surface area contributed by atoms with Crippen molar-refractivity contribution in [1.82, 2.24) is 10.2 Å². The van der Waals surface area contributed by atoms with Gasteiger partial charge in [-0.3, -0.25) is 9.59 Å². The molecular weight excluding hydrogens is 423 g/mol. The molecule has 1 atom stereocenters. The number of hydrogen-bond acceptors (Lipinski definition) is 3. The first-order valence-electron chi connectivity index (χ1n) is 11.5. The summed E-state index contributed by atoms with van der Waals surface area (Å²) in [6, 6.07) is 16.1. The number of carbonyl (C=O) groups is 2. The average molecular weight is 457 g/mol. The van der Waals surface area contributed by atoms with Crippen molar-refractivity contribution in [3.63, 3.8) is 0 Å². The van der Waals surface area contributed by atoms with Gasteiger partial charge in [0.15, 0.2) is 0 Å². The zero-order valence-corrected chi connectivity index (χ0v) is 19.6. The summed E-state index contributed by atoms with van der Waals surface area (Å²) >= 11 is 1.69. The van der Waals surface area contributed by atoms with Crippen molar-refractivity contribution in [2.75, 3.05) is 5.75 Å². The van der Waals surface area contributed by atoms with Crippen LogP contribution in [0.1, 0.15) is 56.6 Å². The van der Waals surface area contributed by atoms with Crippen molar-refractivity contribution in [2.45, 2.75) is 69.8 Å². The van der Waals surface area contributed by atoms with Gasteiger partial charge in [-0.2, -0.15) is 11.8 Å². The Labute approximate surface area is 195 Å². The largest absolute Gasteiger partial charge is 0.352 e. The molecule has 1 saturated carbocycles. The maximum atomic E-state index is 14.3. The van der Waals surface area contributed by atoms with Crippen LogP contribution in [0, 0.1) is 5.82 Å². The predicted molar refractivity (Wildman–Crippen MR) is 129 cm³/mol. The Morgan fingerprint density at radius 2 is 1.75 bits per heavy atom. The van der Waals surface area contributed by atoms with Gasteiger partial charge in [-0.05, 0) is 31.4 Å². The van der Waals surface area contributed by atoms with Crippen LogP contribution in [0.3, 0.4) is 0 Å². The highest BCUT2D eigenvalue weighted by Crippen LogP contribution is 2.20. The minimum Gasteiger partial charge on any atom is -0.352 e. The van der Waals surface area contributed by atoms with E-state index in [1.165, 1.54) is 23.0 Å². The maximum absolute atomic E-state index is 14.3. The molecule has 0 unspecified atom stereocenters. The average Bonchev–Trinajstić information content (AvgIpc) is 2.82. The highest BCUT2D eigenvalue weighted by Gasteiger charge is 2.28. The van der Waals surface area contributed by atoms with Crippen molar-refractivity contribution in [3.8, 4) is 0 Å². The Morgan fingerprint density at radius 3 is 2.47 bits per heavy atom. The molecule has 0 radical (unpaired) electrons. The van der Waals surface area contributed by atoms with E-state index >= 15 is 0 Å². The number of carbonyl (C=O) groups excluding carboxylic acids is 2. The Bertz CT molecular complexity index is 871. The quantitative estimate of drug-likeness (QED) is 0.493. The van der Waals surface area contributed by atoms with E-state index in [0.29, 0.717) is 17.7 Å². The molecule has 6 heteroatoms. The van der Waals surface area contributed by atoms with E-state index in [1.54, 1.807) is 36.9 Å². The second kappa shape index (κ2) is 12.6. The minimum absolute atomic E-state index is 0.0914. The lowest BCUT2D eigenvalue weighted by molar-refractivity contribution is -0.140. The first-order chi connectivity index (χ1) is 15.5. The fourth-order valence-electron chi connectivity index (χ4n) is 4.03. The lowest BCUT2D eigenvalue weighted by atomic mass is 9.95. The van der Waals surface area contributed by atoms with Crippen LogP contribution in [0.25, 0.3) is 0 Å². The van der Waals surface area contributed by atoms with Gasteiger partial charge in [0.25, 0.3) is 0 Å². The number of thioether (sulfide) groups is 1. The van der Waals surface area contributed by atoms with Crippen LogP contribution in [0.2, 0.25) is 0 Å². The summed E-state index contributed by atoms with van der Waals surface area (Å²) in [5.41, 5.74) is 1.64. The smallest absolute Gasteiger partial charge is 0.242 e. The molecule has 2 amide bonds. The SMILES string of the molecule is C[C@@H](C(=O)NC1CCCCC1)N(Cc1ccccc1F)C(=O)CCSCc1ccccc1. The number of rotatable bonds is 10. The minimum atomic E-state index is -0.650. The molecule has 0 bridgehead atoms. The van der Waals surface area contributed by atoms with Gasteiger partial charge in [0.05, 0.1) is 0 Å². The Kier molecular flexibility index (Phi) is 9.60. The molecule has 2 aromatic rings. The van der Waals surface area contributed by atoms with Crippen molar-refractivity contribution in [3.05, 3.63) is 71.5 Å². The second-order valence-electron chi connectivity index (χ2n) is 8.42. The van der Waals surface area contributed by atoms with Crippen LogP contribution in [0.5, 0.6) is 0 Å². The summed E-state index contributed by atoms with van der Waals surface area (Å²) in [4.78, 5) is 27.6. The highest BCUT2D eigenvalue weighted by atomic mass is 32.2. The maximum Gasteiger partial charge on any atom is 0.242 e. The van der Waals surface area contributed by atoms with Crippen LogP contribution in [-0.4, -0.2) is 34.6 Å². The molecule has 0 aromatic heterocycles. The molecule has 0 spiro atoms. The Hall–Kier alpha value is -2.34. The van der Waals surface area contributed by atoms with Crippen LogP contribution in [0.15, 0.2) is 54.6 Å². The van der Waals surface area contributed by atoms with E-state index in [9.17, 15) is 14.0 Å². The van der Waals surface area contributed by atoms with Gasteiger partial charge in [0.2, 0.25) is 11.8 Å². The Balaban J connectivity index is 1.61. The van der Waals surface area contributed by atoms with Crippen LogP contribution < -0.4 is 5.32 Å². The van der Waals surface area contributed by atoms with Gasteiger partial charge in [0, 0.05) is 36.1 Å². The number of hydrogen-bond donors (Lipinski definition) is 1. The number of amides is 2. The zero-order chi connectivity index (χ0) is 22.8. The predicted octanol–water partition coefficient (Wildman–Crippen LogP) is 5.32. The van der Waals surface area contributed by atoms with E-state index in [2.05, 4.69) is 17.4 Å². The van der Waals surface area contributed by atoms with Crippen molar-refractivity contribution in [2.24, 2.45) is 0 Å². The van der Waals surface area contributed by atoms with E-state index in [4.69, 9.17) is 0 Å². The molecule has 4 nitrogen and oxygen atoms in total. The summed E-state index contributed by atoms with van der Waals surface area (Å²) in [5, 5.41) is 3.11. The molecule has 0 heterocycles. The standard InChI is InChI=1S/C26H33FN2O2S/c1-20(26(31)28-23-13-6-3-7-14-23)29(18-22-12-8-9-15-24(22)27)25(30)16-17-32-19-21-10-4-2-5-11-21/h2,4-5,8-12,15,20,23H,3,6-7,13-14,16-19H2,1H3,(H,28,31)/t20-/m0/s1. The molecule has 0 saturated heterocycles. The van der Waals surface area contributed by atoms with E-state index in [0.717, 1.165) is 31.4 Å². The second-order valence-corrected chi connectivity index (χ2v) is 9.53. The van der Waals surface area contributed by atoms with Gasteiger partial charge < -0.3 is 10.2 Å². The van der Waals surface area contributed by atoms with Gasteiger partial charge in [0.1, 0.15) is 11.9 Å². The van der Waals surface area contributed by atoms with Gasteiger partial charge in [-0.25, -0.2) is 4.39 Å². The lowest BCUT2D eigenvalue weighted by Gasteiger charge is -2.31. The number of benzene rings is 2. The molecule has 1 N–H and O–H groups in total. The van der Waals surface area contributed by atoms with Crippen LogP contribution in [0.4, 0.5) is 4.39 Å². The van der Waals surface area contributed by atoms with Gasteiger partial charge >= 0.3 is 0 Å². The molecular formula is C26H33FN2O2S. The molecule has 1 fully saturated rings. The van der Waals surface area contributed by atoms with Crippen LogP contribution >= 0.6 is 11.8 Å². The molecule has 1 aliphatic carbocycles. The third-order valence-electron chi connectivity index (χ3n) is 5.99. The number of nitrogens with zero attached hydrogens (tertiary/aromatic N) is 1. The summed E-state index contributed by atoms with van der Waals surface area (Å²) in [5.74, 6) is 0.847. The molecule has 2 aromatic carbocycles. The summed E-state index contributed by atoms with van der Waals surface area (Å²) in [7, 11) is 0. The molecule has 0 aliphatic heterocycles. The van der Waals surface area contributed by atoms with Gasteiger partial charge in [-0.15, -0.1) is 0 Å². The third kappa shape index (κ3) is 7.37. The summed E-state index contributed by atoms with van der Waals surface area (Å²) in [6.45, 7) is 1.84. The van der Waals surface area contributed by atoms with Crippen molar-refractivity contribution < 1.29 is 14.0 Å². The van der Waals surface area contributed by atoms with E-state index in [1.807, 2.05) is 18.2 Å². The highest BCUT2D eigenvalue weighted by molar-refractivity contribution is 7.98. The molecule has 172 valence electrons. The van der Waals surface area contributed by atoms with Crippen LogP contribution in [-0.2, 0) is 21.9 Å². The summed E-state index contributed by atoms with van der Waals surface area (Å²) in [6.07, 6.45) is 5.73. The fourth-order valence-corrected chi connectivity index (χ4v) is 4.92. The van der Waals surface area contributed by atoms with E-state index < -0.39 is 6.04 Å². The fraction of sp³-hybridized carbons (Fsp3) is 0.462. The molecule has 32 heavy (non-hydrogen) atoms. The van der Waals surface area contributed by atoms with Crippen molar-refractivity contribution in [1.29, 1.82) is 0 Å². The zero-order valence-electron chi connectivity index (χ0n) is 18.8. The number of halogens is 1. The first-order valence-corrected chi connectivity index (χ1v) is 12.6. The topological polar surface area (TPSA) is 49.4 Å². The van der Waals surface area contributed by atoms with Crippen molar-refractivity contribution >= 4 is 23.6 Å². The van der Waals surface area contributed by atoms with Gasteiger partial charge in [-0.1, -0.05) is 67.8 Å². The monoisotopic (exact) mass is 456 g/mol. The third-order valence-corrected chi connectivity index (χ3v) is 7.02. The summed E-state index contributed by atoms with van der Waals surface area (Å²) < 4.78 is 14.3. The van der Waals surface area contributed by atoms with E-state index in [-0.39, 0.29) is 30.2 Å². The first kappa shape index (κ1) is 24.3.